The number of aliphatic hydroxyl groups excluding tert-OH is 1. The molecule has 3 aliphatic rings. The summed E-state index contributed by atoms with van der Waals surface area (Å²) in [5, 5.41) is 14.4. The first kappa shape index (κ1) is 24.5. The molecule has 2 bridgehead atoms. The van der Waals surface area contributed by atoms with Gasteiger partial charge in [0.15, 0.2) is 11.5 Å². The van der Waals surface area contributed by atoms with E-state index in [2.05, 4.69) is 36.5 Å². The minimum absolute atomic E-state index is 0.251. The number of fused-ring (bicyclic) bond motifs is 3. The summed E-state index contributed by atoms with van der Waals surface area (Å²) >= 11 is 0. The Bertz CT molecular complexity index is 926. The van der Waals surface area contributed by atoms with E-state index in [1.165, 1.54) is 36.8 Å². The number of ether oxygens (including phenoxy) is 3. The lowest BCUT2D eigenvalue weighted by molar-refractivity contribution is 0.0976. The van der Waals surface area contributed by atoms with E-state index in [1.54, 1.807) is 0 Å². The zero-order valence-corrected chi connectivity index (χ0v) is 21.1. The Morgan fingerprint density at radius 1 is 0.943 bits per heavy atom. The molecule has 5 heteroatoms. The summed E-state index contributed by atoms with van der Waals surface area (Å²) < 4.78 is 17.4. The van der Waals surface area contributed by atoms with Crippen LogP contribution in [-0.4, -0.2) is 37.2 Å². The second-order valence-electron chi connectivity index (χ2n) is 10.6. The van der Waals surface area contributed by atoms with Crippen molar-refractivity contribution in [1.29, 1.82) is 0 Å². The molecule has 5 nitrogen and oxygen atoms in total. The standard InChI is InChI=1S/C30H41NO4/c1-2-21-5-12-26(13-6-21)33-15-3-4-30(32)31-25(20-27-23-8-9-24(27)11-10-23)18-22-7-14-28-29(19-22)35-17-16-34-28/h5-7,12-14,19,23-25,27,30-32H,2-4,8-11,15-18,20H2,1H3. The third-order valence-corrected chi connectivity index (χ3v) is 8.32. The zero-order chi connectivity index (χ0) is 24.0. The lowest BCUT2D eigenvalue weighted by atomic mass is 9.87. The number of rotatable bonds is 12. The molecule has 0 radical (unpaired) electrons. The van der Waals surface area contributed by atoms with E-state index in [1.807, 2.05) is 18.2 Å². The van der Waals surface area contributed by atoms with Crippen LogP contribution in [0.15, 0.2) is 42.5 Å². The predicted octanol–water partition coefficient (Wildman–Crippen LogP) is 5.52. The van der Waals surface area contributed by atoms with Gasteiger partial charge in [-0.05, 0) is 111 Å². The summed E-state index contributed by atoms with van der Waals surface area (Å²) in [7, 11) is 0. The summed E-state index contributed by atoms with van der Waals surface area (Å²) in [5.41, 5.74) is 2.56. The lowest BCUT2D eigenvalue weighted by Gasteiger charge is -2.28. The fourth-order valence-corrected chi connectivity index (χ4v) is 6.45. The number of hydrogen-bond donors (Lipinski definition) is 2. The quantitative estimate of drug-likeness (QED) is 0.310. The third-order valence-electron chi connectivity index (χ3n) is 8.32. The Hall–Kier alpha value is -2.24. The predicted molar refractivity (Wildman–Crippen MR) is 138 cm³/mol. The van der Waals surface area contributed by atoms with Crippen molar-refractivity contribution in [3.63, 3.8) is 0 Å². The van der Waals surface area contributed by atoms with Crippen molar-refractivity contribution in [1.82, 2.24) is 5.32 Å². The van der Waals surface area contributed by atoms with Crippen LogP contribution in [0.25, 0.3) is 0 Å². The third kappa shape index (κ3) is 6.31. The molecule has 35 heavy (non-hydrogen) atoms. The zero-order valence-electron chi connectivity index (χ0n) is 21.1. The van der Waals surface area contributed by atoms with Crippen molar-refractivity contribution >= 4 is 0 Å². The molecule has 2 aliphatic carbocycles. The highest BCUT2D eigenvalue weighted by Gasteiger charge is 2.42. The Kier molecular flexibility index (Phi) is 8.15. The molecule has 2 saturated carbocycles. The smallest absolute Gasteiger partial charge is 0.161 e. The molecule has 0 aromatic heterocycles. The van der Waals surface area contributed by atoms with Gasteiger partial charge < -0.3 is 19.3 Å². The van der Waals surface area contributed by atoms with Gasteiger partial charge in [0.2, 0.25) is 0 Å². The molecule has 1 heterocycles. The molecule has 5 rings (SSSR count). The number of aliphatic hydroxyl groups is 1. The summed E-state index contributed by atoms with van der Waals surface area (Å²) in [5.74, 6) is 5.15. The van der Waals surface area contributed by atoms with Gasteiger partial charge in [0.05, 0.1) is 6.61 Å². The Balaban J connectivity index is 1.15. The maximum atomic E-state index is 10.9. The van der Waals surface area contributed by atoms with Crippen molar-refractivity contribution < 1.29 is 19.3 Å². The minimum atomic E-state index is -0.526. The van der Waals surface area contributed by atoms with E-state index in [4.69, 9.17) is 14.2 Å². The molecule has 2 aromatic rings. The van der Waals surface area contributed by atoms with Crippen LogP contribution in [0, 0.1) is 17.8 Å². The van der Waals surface area contributed by atoms with E-state index in [-0.39, 0.29) is 6.04 Å². The molecule has 190 valence electrons. The van der Waals surface area contributed by atoms with Crippen molar-refractivity contribution in [3.05, 3.63) is 53.6 Å². The fourth-order valence-electron chi connectivity index (χ4n) is 6.45. The molecule has 0 amide bonds. The van der Waals surface area contributed by atoms with Gasteiger partial charge in [0.25, 0.3) is 0 Å². The van der Waals surface area contributed by atoms with E-state index in [0.717, 1.165) is 60.7 Å². The van der Waals surface area contributed by atoms with Crippen LogP contribution in [0.2, 0.25) is 0 Å². The molecule has 2 aromatic carbocycles. The van der Waals surface area contributed by atoms with Crippen LogP contribution in [0.4, 0.5) is 0 Å². The number of nitrogens with one attached hydrogen (secondary N) is 1. The highest BCUT2D eigenvalue weighted by atomic mass is 16.6. The van der Waals surface area contributed by atoms with Crippen LogP contribution >= 0.6 is 0 Å². The normalized spacial score (nSPS) is 24.3. The van der Waals surface area contributed by atoms with E-state index >= 15 is 0 Å². The maximum Gasteiger partial charge on any atom is 0.161 e. The SMILES string of the molecule is CCc1ccc(OCCCC(O)NC(Cc2ccc3c(c2)OCCO3)CC2C3CCC2CC3)cc1. The van der Waals surface area contributed by atoms with Gasteiger partial charge >= 0.3 is 0 Å². The average molecular weight is 480 g/mol. The summed E-state index contributed by atoms with van der Waals surface area (Å²) in [6.45, 7) is 3.99. The number of benzene rings is 2. The van der Waals surface area contributed by atoms with Crippen molar-refractivity contribution in [2.24, 2.45) is 17.8 Å². The lowest BCUT2D eigenvalue weighted by Crippen LogP contribution is -2.41. The molecule has 2 N–H and O–H groups in total. The number of hydrogen-bond acceptors (Lipinski definition) is 5. The minimum Gasteiger partial charge on any atom is -0.494 e. The molecule has 2 atom stereocenters. The first-order valence-electron chi connectivity index (χ1n) is 13.7. The van der Waals surface area contributed by atoms with Gasteiger partial charge in [-0.1, -0.05) is 25.1 Å². The van der Waals surface area contributed by atoms with Gasteiger partial charge in [-0.15, -0.1) is 0 Å². The Morgan fingerprint density at radius 3 is 2.34 bits per heavy atom. The second kappa shape index (κ2) is 11.7. The van der Waals surface area contributed by atoms with Gasteiger partial charge in [0, 0.05) is 6.04 Å². The first-order valence-corrected chi connectivity index (χ1v) is 13.7. The largest absolute Gasteiger partial charge is 0.494 e. The Labute approximate surface area is 210 Å². The summed E-state index contributed by atoms with van der Waals surface area (Å²) in [6, 6.07) is 14.8. The van der Waals surface area contributed by atoms with E-state index in [0.29, 0.717) is 26.2 Å². The summed E-state index contributed by atoms with van der Waals surface area (Å²) in [4.78, 5) is 0. The van der Waals surface area contributed by atoms with Gasteiger partial charge in [-0.2, -0.15) is 0 Å². The van der Waals surface area contributed by atoms with Crippen LogP contribution < -0.4 is 19.5 Å². The molecule has 0 saturated heterocycles. The topological polar surface area (TPSA) is 60.0 Å². The Morgan fingerprint density at radius 2 is 1.63 bits per heavy atom. The maximum absolute atomic E-state index is 10.9. The monoisotopic (exact) mass is 479 g/mol. The fraction of sp³-hybridized carbons (Fsp3) is 0.600. The van der Waals surface area contributed by atoms with Gasteiger partial charge in [-0.25, -0.2) is 0 Å². The van der Waals surface area contributed by atoms with Gasteiger partial charge in [0.1, 0.15) is 25.2 Å². The van der Waals surface area contributed by atoms with Gasteiger partial charge in [-0.3, -0.25) is 5.32 Å². The molecule has 2 fully saturated rings. The highest BCUT2D eigenvalue weighted by Crippen LogP contribution is 2.51. The average Bonchev–Trinajstić information content (AvgIpc) is 3.45. The first-order chi connectivity index (χ1) is 17.2. The molecule has 2 unspecified atom stereocenters. The second-order valence-corrected chi connectivity index (χ2v) is 10.6. The number of aryl methyl sites for hydroxylation is 1. The molecular formula is C30H41NO4. The highest BCUT2D eigenvalue weighted by molar-refractivity contribution is 5.44. The molecule has 0 spiro atoms. The van der Waals surface area contributed by atoms with Crippen molar-refractivity contribution in [3.8, 4) is 17.2 Å². The van der Waals surface area contributed by atoms with E-state index in [9.17, 15) is 5.11 Å². The van der Waals surface area contributed by atoms with Crippen molar-refractivity contribution in [2.75, 3.05) is 19.8 Å². The van der Waals surface area contributed by atoms with Crippen LogP contribution in [0.1, 0.15) is 63.0 Å². The van der Waals surface area contributed by atoms with Crippen molar-refractivity contribution in [2.45, 2.75) is 77.0 Å². The van der Waals surface area contributed by atoms with Crippen LogP contribution in [0.3, 0.4) is 0 Å². The van der Waals surface area contributed by atoms with E-state index < -0.39 is 6.23 Å². The summed E-state index contributed by atoms with van der Waals surface area (Å²) in [6.07, 6.45) is 9.62. The van der Waals surface area contributed by atoms with Crippen LogP contribution in [-0.2, 0) is 12.8 Å². The van der Waals surface area contributed by atoms with Crippen LogP contribution in [0.5, 0.6) is 17.2 Å². The molecule has 1 aliphatic heterocycles. The molecular weight excluding hydrogens is 438 g/mol.